The van der Waals surface area contributed by atoms with Gasteiger partial charge in [-0.2, -0.15) is 0 Å². The minimum absolute atomic E-state index is 0.0299. The predicted molar refractivity (Wildman–Crippen MR) is 165 cm³/mol. The topological polar surface area (TPSA) is 96.0 Å². The lowest BCUT2D eigenvalue weighted by molar-refractivity contribution is -0.139. The first kappa shape index (κ1) is 31.4. The molecule has 0 saturated heterocycles. The molecule has 224 valence electrons. The molecule has 1 atom stereocenters. The molecule has 42 heavy (non-hydrogen) atoms. The quantitative estimate of drug-likeness (QED) is 0.299. The van der Waals surface area contributed by atoms with Gasteiger partial charge in [0.05, 0.1) is 17.7 Å². The number of amides is 2. The Labute approximate surface area is 253 Å². The van der Waals surface area contributed by atoms with E-state index in [9.17, 15) is 18.0 Å². The van der Waals surface area contributed by atoms with Crippen LogP contribution in [-0.4, -0.2) is 50.9 Å². The molecule has 1 saturated carbocycles. The normalized spacial score (nSPS) is 14.6. The zero-order valence-corrected chi connectivity index (χ0v) is 25.8. The Hall–Kier alpha value is -3.56. The van der Waals surface area contributed by atoms with Gasteiger partial charge in [-0.05, 0) is 62.6 Å². The first-order valence-electron chi connectivity index (χ1n) is 14.2. The first-order chi connectivity index (χ1) is 20.1. The molecule has 10 heteroatoms. The number of hydrogen-bond donors (Lipinski definition) is 1. The Morgan fingerprint density at radius 3 is 2.29 bits per heavy atom. The minimum atomic E-state index is -4.20. The fraction of sp³-hybridized carbons (Fsp3) is 0.375. The molecule has 4 rings (SSSR count). The van der Waals surface area contributed by atoms with E-state index in [1.54, 1.807) is 67.6 Å². The van der Waals surface area contributed by atoms with Gasteiger partial charge >= 0.3 is 0 Å². The lowest BCUT2D eigenvalue weighted by Crippen LogP contribution is -2.53. The third-order valence-electron chi connectivity index (χ3n) is 7.66. The van der Waals surface area contributed by atoms with Crippen LogP contribution >= 0.6 is 11.6 Å². The van der Waals surface area contributed by atoms with Gasteiger partial charge in [-0.25, -0.2) is 8.42 Å². The van der Waals surface area contributed by atoms with Crippen LogP contribution in [-0.2, 0) is 26.2 Å². The molecule has 0 unspecified atom stereocenters. The van der Waals surface area contributed by atoms with Crippen molar-refractivity contribution in [2.45, 2.75) is 69.5 Å². The Morgan fingerprint density at radius 1 is 0.976 bits per heavy atom. The Bertz CT molecular complexity index is 1490. The highest BCUT2D eigenvalue weighted by atomic mass is 35.5. The number of ether oxygens (including phenoxy) is 1. The summed E-state index contributed by atoms with van der Waals surface area (Å²) in [6.07, 6.45) is 5.03. The van der Waals surface area contributed by atoms with Crippen LogP contribution in [0, 0.1) is 6.92 Å². The smallest absolute Gasteiger partial charge is 0.264 e. The molecule has 8 nitrogen and oxygen atoms in total. The number of nitrogens with one attached hydrogen (secondary N) is 1. The number of carbonyl (C=O) groups excluding carboxylic acids is 2. The van der Waals surface area contributed by atoms with Crippen LogP contribution < -0.4 is 14.4 Å². The molecule has 1 fully saturated rings. The van der Waals surface area contributed by atoms with E-state index in [-0.39, 0.29) is 29.1 Å². The number of hydrogen-bond acceptors (Lipinski definition) is 5. The van der Waals surface area contributed by atoms with Crippen LogP contribution in [0.25, 0.3) is 0 Å². The fourth-order valence-electron chi connectivity index (χ4n) is 5.15. The van der Waals surface area contributed by atoms with Gasteiger partial charge in [0.15, 0.2) is 0 Å². The minimum Gasteiger partial charge on any atom is -0.495 e. The monoisotopic (exact) mass is 611 g/mol. The Morgan fingerprint density at radius 2 is 1.62 bits per heavy atom. The predicted octanol–water partition coefficient (Wildman–Crippen LogP) is 5.72. The SMILES string of the molecule is COc1ccccc1N(CC(=O)N(Cc1ccccc1Cl)[C@H](C)C(=O)NC1CCCCC1)S(=O)(=O)c1ccc(C)cc1. The molecule has 0 aliphatic heterocycles. The Balaban J connectivity index is 1.71. The summed E-state index contributed by atoms with van der Waals surface area (Å²) < 4.78 is 34.6. The molecule has 2 amide bonds. The molecule has 0 spiro atoms. The van der Waals surface area contributed by atoms with E-state index in [1.165, 1.54) is 24.1 Å². The van der Waals surface area contributed by atoms with E-state index in [1.807, 2.05) is 6.92 Å². The van der Waals surface area contributed by atoms with E-state index in [0.29, 0.717) is 16.3 Å². The number of sulfonamides is 1. The maximum atomic E-state index is 14.2. The van der Waals surface area contributed by atoms with Crippen LogP contribution in [0.5, 0.6) is 5.75 Å². The third kappa shape index (κ3) is 7.44. The number of carbonyl (C=O) groups is 2. The van der Waals surface area contributed by atoms with Gasteiger partial charge in [0.1, 0.15) is 18.3 Å². The third-order valence-corrected chi connectivity index (χ3v) is 9.80. The van der Waals surface area contributed by atoms with Crippen LogP contribution in [0.2, 0.25) is 5.02 Å². The number of aryl methyl sites for hydroxylation is 1. The van der Waals surface area contributed by atoms with Gasteiger partial charge in [-0.1, -0.05) is 78.9 Å². The summed E-state index contributed by atoms with van der Waals surface area (Å²) in [5.41, 5.74) is 1.76. The van der Waals surface area contributed by atoms with Crippen LogP contribution in [0.15, 0.2) is 77.7 Å². The van der Waals surface area contributed by atoms with Crippen molar-refractivity contribution in [3.8, 4) is 5.75 Å². The maximum Gasteiger partial charge on any atom is 0.264 e. The summed E-state index contributed by atoms with van der Waals surface area (Å²) in [5.74, 6) is -0.544. The van der Waals surface area contributed by atoms with Gasteiger partial charge in [-0.15, -0.1) is 0 Å². The van der Waals surface area contributed by atoms with E-state index < -0.39 is 28.5 Å². The lowest BCUT2D eigenvalue weighted by Gasteiger charge is -2.33. The van der Waals surface area contributed by atoms with Crippen LogP contribution in [0.1, 0.15) is 50.2 Å². The standard InChI is InChI=1S/C32H38ClN3O5S/c1-23-17-19-27(20-18-23)42(39,40)36(29-15-9-10-16-30(29)41-3)22-31(37)35(21-25-11-7-8-14-28(25)33)24(2)32(38)34-26-12-5-4-6-13-26/h7-11,14-20,24,26H,4-6,12-13,21-22H2,1-3H3,(H,34,38)/t24-/m1/s1. The molecule has 0 heterocycles. The summed E-state index contributed by atoms with van der Waals surface area (Å²) in [4.78, 5) is 29.0. The second-order valence-corrected chi connectivity index (χ2v) is 12.9. The number of anilines is 1. The van der Waals surface area contributed by atoms with Crippen molar-refractivity contribution >= 4 is 39.1 Å². The molecule has 1 N–H and O–H groups in total. The fourth-order valence-corrected chi connectivity index (χ4v) is 6.77. The largest absolute Gasteiger partial charge is 0.495 e. The molecular weight excluding hydrogens is 574 g/mol. The summed E-state index contributed by atoms with van der Waals surface area (Å²) >= 11 is 6.46. The number of para-hydroxylation sites is 2. The average molecular weight is 612 g/mol. The molecule has 1 aliphatic carbocycles. The van der Waals surface area contributed by atoms with Crippen molar-refractivity contribution < 1.29 is 22.7 Å². The van der Waals surface area contributed by atoms with Gasteiger partial charge in [0, 0.05) is 17.6 Å². The molecule has 3 aromatic rings. The molecule has 0 aromatic heterocycles. The van der Waals surface area contributed by atoms with Crippen molar-refractivity contribution in [2.75, 3.05) is 18.0 Å². The van der Waals surface area contributed by atoms with Crippen molar-refractivity contribution in [2.24, 2.45) is 0 Å². The molecular formula is C32H38ClN3O5S. The van der Waals surface area contributed by atoms with Crippen LogP contribution in [0.3, 0.4) is 0 Å². The molecule has 0 bridgehead atoms. The van der Waals surface area contributed by atoms with E-state index in [0.717, 1.165) is 42.0 Å². The zero-order chi connectivity index (χ0) is 30.3. The van der Waals surface area contributed by atoms with E-state index >= 15 is 0 Å². The second kappa shape index (κ2) is 14.1. The second-order valence-electron chi connectivity index (χ2n) is 10.6. The highest BCUT2D eigenvalue weighted by Crippen LogP contribution is 2.33. The molecule has 3 aromatic carbocycles. The lowest BCUT2D eigenvalue weighted by atomic mass is 9.95. The van der Waals surface area contributed by atoms with Gasteiger partial charge in [-0.3, -0.25) is 13.9 Å². The van der Waals surface area contributed by atoms with E-state index in [2.05, 4.69) is 5.32 Å². The number of nitrogens with zero attached hydrogens (tertiary/aromatic N) is 2. The van der Waals surface area contributed by atoms with Gasteiger partial charge in [0.25, 0.3) is 10.0 Å². The summed E-state index contributed by atoms with van der Waals surface area (Å²) in [6, 6.07) is 19.3. The number of benzene rings is 3. The van der Waals surface area contributed by atoms with E-state index in [4.69, 9.17) is 16.3 Å². The molecule has 1 aliphatic rings. The average Bonchev–Trinajstić information content (AvgIpc) is 2.99. The Kier molecular flexibility index (Phi) is 10.5. The number of halogens is 1. The number of methoxy groups -OCH3 is 1. The summed E-state index contributed by atoms with van der Waals surface area (Å²) in [5, 5.41) is 3.55. The maximum absolute atomic E-state index is 14.2. The highest BCUT2D eigenvalue weighted by molar-refractivity contribution is 7.92. The number of rotatable bonds is 11. The first-order valence-corrected chi connectivity index (χ1v) is 16.0. The summed E-state index contributed by atoms with van der Waals surface area (Å²) in [7, 11) is -2.76. The van der Waals surface area contributed by atoms with Crippen molar-refractivity contribution in [3.05, 3.63) is 88.9 Å². The van der Waals surface area contributed by atoms with Crippen LogP contribution in [0.4, 0.5) is 5.69 Å². The molecule has 0 radical (unpaired) electrons. The van der Waals surface area contributed by atoms with Gasteiger partial charge in [0.2, 0.25) is 11.8 Å². The van der Waals surface area contributed by atoms with Crippen molar-refractivity contribution in [1.82, 2.24) is 10.2 Å². The zero-order valence-electron chi connectivity index (χ0n) is 24.3. The van der Waals surface area contributed by atoms with Crippen molar-refractivity contribution in [1.29, 1.82) is 0 Å². The van der Waals surface area contributed by atoms with Crippen molar-refractivity contribution in [3.63, 3.8) is 0 Å². The summed E-state index contributed by atoms with van der Waals surface area (Å²) in [6.45, 7) is 3.00. The highest BCUT2D eigenvalue weighted by Gasteiger charge is 2.34. The van der Waals surface area contributed by atoms with Gasteiger partial charge < -0.3 is 15.0 Å².